The summed E-state index contributed by atoms with van der Waals surface area (Å²) < 4.78 is 119. The third-order valence-electron chi connectivity index (χ3n) is 5.05. The molecule has 4 heterocycles. The summed E-state index contributed by atoms with van der Waals surface area (Å²) in [7, 11) is 0. The third kappa shape index (κ3) is 2.24. The van der Waals surface area contributed by atoms with Crippen molar-refractivity contribution in [2.45, 2.75) is 18.5 Å². The van der Waals surface area contributed by atoms with Crippen molar-refractivity contribution in [3.05, 3.63) is 59.1 Å². The van der Waals surface area contributed by atoms with Crippen molar-refractivity contribution < 1.29 is 36.9 Å². The number of benzene rings is 2. The molecule has 7 heteroatoms. The topological polar surface area (TPSA) is 74.9 Å². The van der Waals surface area contributed by atoms with Crippen LogP contribution in [0.1, 0.15) is 40.7 Å². The van der Waals surface area contributed by atoms with Gasteiger partial charge in [0, 0.05) is 34.1 Å². The lowest BCUT2D eigenvalue weighted by Gasteiger charge is -2.46. The van der Waals surface area contributed by atoms with E-state index in [1.165, 1.54) is 0 Å². The number of hydrogen-bond donors (Lipinski definition) is 1. The summed E-state index contributed by atoms with van der Waals surface area (Å²) in [6.45, 7) is -7.39. The van der Waals surface area contributed by atoms with Crippen molar-refractivity contribution in [1.82, 2.24) is 14.8 Å². The highest BCUT2D eigenvalue weighted by Crippen LogP contribution is 2.44. The molecular weight excluding hydrogens is 370 g/mol. The van der Waals surface area contributed by atoms with Crippen LogP contribution in [0.3, 0.4) is 0 Å². The van der Waals surface area contributed by atoms with E-state index in [0.29, 0.717) is 4.90 Å². The lowest BCUT2D eigenvalue weighted by molar-refractivity contribution is -0.157. The van der Waals surface area contributed by atoms with E-state index in [1.807, 2.05) is 0 Å². The monoisotopic (exact) mass is 402 g/mol. The predicted octanol–water partition coefficient (Wildman–Crippen LogP) is 2.21. The van der Waals surface area contributed by atoms with Crippen LogP contribution in [0.25, 0.3) is 10.9 Å². The molecule has 0 spiro atoms. The highest BCUT2D eigenvalue weighted by atomic mass is 16.7. The van der Waals surface area contributed by atoms with Gasteiger partial charge in [0.15, 0.2) is 11.5 Å². The first-order chi connectivity index (χ1) is 19.4. The number of aromatic nitrogens is 1. The fourth-order valence-electron chi connectivity index (χ4n) is 3.81. The molecule has 2 amide bonds. The second kappa shape index (κ2) is 5.76. The second-order valence-corrected chi connectivity index (χ2v) is 6.57. The van der Waals surface area contributed by atoms with Crippen molar-refractivity contribution in [1.29, 1.82) is 0 Å². The number of rotatable bonds is 1. The molecule has 0 aliphatic carbocycles. The molecule has 6 rings (SSSR count). The zero-order valence-electron chi connectivity index (χ0n) is 27.5. The van der Waals surface area contributed by atoms with E-state index in [4.69, 9.17) is 25.9 Å². The number of piperazine rings is 1. The summed E-state index contributed by atoms with van der Waals surface area (Å²) in [4.78, 5) is 30.6. The molecule has 1 aromatic heterocycles. The number of para-hydroxylation sites is 1. The number of H-pyrrole nitrogens is 1. The van der Waals surface area contributed by atoms with Crippen LogP contribution in [0.2, 0.25) is 0 Å². The number of amides is 2. The number of aromatic amines is 1. The number of fused-ring (bicyclic) bond motifs is 5. The summed E-state index contributed by atoms with van der Waals surface area (Å²) in [5, 5.41) is -0.175. The van der Waals surface area contributed by atoms with Crippen LogP contribution in [0.5, 0.6) is 11.5 Å². The van der Waals surface area contributed by atoms with E-state index < -0.39 is 98.4 Å². The Morgan fingerprint density at radius 1 is 1.24 bits per heavy atom. The Bertz CT molecular complexity index is 1770. The molecule has 29 heavy (non-hydrogen) atoms. The first kappa shape index (κ1) is 8.10. The molecule has 1 saturated heterocycles. The number of likely N-dealkylation sites (N-methyl/N-ethyl adjacent to an activating group) is 1. The Kier molecular flexibility index (Phi) is 1.61. The van der Waals surface area contributed by atoms with Crippen LogP contribution in [0, 0.1) is 0 Å². The van der Waals surface area contributed by atoms with Crippen molar-refractivity contribution in [3.8, 4) is 11.5 Å². The van der Waals surface area contributed by atoms with Gasteiger partial charge in [0.2, 0.25) is 18.6 Å². The number of carbonyl (C=O) groups is 2. The molecule has 0 radical (unpaired) electrons. The minimum Gasteiger partial charge on any atom is -0.454 e. The Morgan fingerprint density at radius 3 is 3.00 bits per heavy atom. The quantitative estimate of drug-likeness (QED) is 0.677. The predicted molar refractivity (Wildman–Crippen MR) is 105 cm³/mol. The first-order valence-corrected chi connectivity index (χ1v) is 8.57. The molecule has 0 saturated carbocycles. The van der Waals surface area contributed by atoms with Crippen LogP contribution in [0.15, 0.2) is 42.3 Å². The van der Waals surface area contributed by atoms with Crippen molar-refractivity contribution in [3.63, 3.8) is 0 Å². The Labute approximate surface area is 185 Å². The van der Waals surface area contributed by atoms with Gasteiger partial charge in [-0.1, -0.05) is 24.2 Å². The van der Waals surface area contributed by atoms with E-state index in [2.05, 4.69) is 4.98 Å². The largest absolute Gasteiger partial charge is 0.454 e. The van der Waals surface area contributed by atoms with Gasteiger partial charge in [0.1, 0.15) is 6.04 Å². The maximum absolute atomic E-state index is 13.9. The van der Waals surface area contributed by atoms with Crippen molar-refractivity contribution in [2.75, 3.05) is 20.3 Å². The number of hydrogen-bond acceptors (Lipinski definition) is 4. The SMILES string of the molecule is [2H]c1c([2H])c([C@]2([2H])c3[nH]c4c([2H])c([2H])c([2H])c([2H])c4c3C[C@@H]3C(=O)N(C([2H])([2H])[2H])C([2H])([2H])C(=O)N32)c([2H])c2c1OCO2. The van der Waals surface area contributed by atoms with Gasteiger partial charge in [-0.2, -0.15) is 0 Å². The van der Waals surface area contributed by atoms with Crippen LogP contribution in [-0.4, -0.2) is 52.9 Å². The zero-order chi connectivity index (χ0) is 31.0. The maximum atomic E-state index is 13.9. The Hall–Kier alpha value is -3.48. The third-order valence-corrected chi connectivity index (χ3v) is 5.05. The van der Waals surface area contributed by atoms with Gasteiger partial charge in [0.25, 0.3) is 0 Å². The first-order valence-electron chi connectivity index (χ1n) is 15.1. The van der Waals surface area contributed by atoms with Gasteiger partial charge in [-0.25, -0.2) is 0 Å². The normalized spacial score (nSPS) is 33.9. The van der Waals surface area contributed by atoms with Gasteiger partial charge in [-0.15, -0.1) is 0 Å². The molecule has 0 bridgehead atoms. The fourth-order valence-corrected chi connectivity index (χ4v) is 3.81. The average molecular weight is 402 g/mol. The smallest absolute Gasteiger partial charge is 0.245 e. The van der Waals surface area contributed by atoms with Crippen LogP contribution >= 0.6 is 0 Å². The number of carbonyl (C=O) groups excluding carboxylic acids is 2. The highest BCUT2D eigenvalue weighted by Gasteiger charge is 2.47. The van der Waals surface area contributed by atoms with Crippen LogP contribution in [-0.2, 0) is 16.0 Å². The molecule has 0 unspecified atom stereocenters. The highest BCUT2D eigenvalue weighted by molar-refractivity contribution is 5.97. The standard InChI is InChI=1S/C22H19N3O4/c1-24-10-19(26)25-16(22(24)27)9-14-13-4-2-3-5-15(13)23-20(14)21(25)12-6-7-17-18(8-12)29-11-28-17/h2-8,16,21,23H,9-11H2,1H3/t16-,21-/m1/s1/i1D3,2D,3D,4D,5D,6D,7D,8D,10D2,21D. The lowest BCUT2D eigenvalue weighted by atomic mass is 9.86. The Balaban J connectivity index is 1.78. The molecular formula is C22H19N3O4. The second-order valence-electron chi connectivity index (χ2n) is 6.57. The Morgan fingerprint density at radius 2 is 2.10 bits per heavy atom. The summed E-state index contributed by atoms with van der Waals surface area (Å²) >= 11 is 0. The van der Waals surface area contributed by atoms with Gasteiger partial charge >= 0.3 is 0 Å². The summed E-state index contributed by atoms with van der Waals surface area (Å²) in [6, 6.07) is -9.44. The summed E-state index contributed by atoms with van der Waals surface area (Å²) in [6.07, 6.45) is -0.593. The van der Waals surface area contributed by atoms with Crippen LogP contribution in [0.4, 0.5) is 0 Å². The molecule has 3 aliphatic heterocycles. The van der Waals surface area contributed by atoms with E-state index in [9.17, 15) is 11.0 Å². The fraction of sp³-hybridized carbons (Fsp3) is 0.273. The van der Waals surface area contributed by atoms with Crippen molar-refractivity contribution >= 4 is 22.7 Å². The van der Waals surface area contributed by atoms with Gasteiger partial charge in [-0.3, -0.25) is 9.59 Å². The van der Waals surface area contributed by atoms with E-state index in [0.717, 1.165) is 0 Å². The minimum atomic E-state index is -3.52. The zero-order valence-corrected chi connectivity index (χ0v) is 14.5. The number of nitrogens with one attached hydrogen (secondary N) is 1. The number of nitrogens with zero attached hydrogens (tertiary/aromatic N) is 2. The molecule has 1 fully saturated rings. The molecule has 3 aromatic rings. The van der Waals surface area contributed by atoms with E-state index in [-0.39, 0.29) is 38.6 Å². The summed E-state index contributed by atoms with van der Waals surface area (Å²) in [5.41, 5.74) is -1.45. The average Bonchev–Trinajstić information content (AvgIpc) is 3.54. The van der Waals surface area contributed by atoms with Gasteiger partial charge in [-0.05, 0) is 29.3 Å². The molecule has 2 atom stereocenters. The molecule has 3 aliphatic rings. The molecule has 7 nitrogen and oxygen atoms in total. The molecule has 2 aromatic carbocycles. The lowest BCUT2D eigenvalue weighted by Crippen LogP contribution is -2.62. The molecule has 1 N–H and O–H groups in total. The summed E-state index contributed by atoms with van der Waals surface area (Å²) in [5.74, 6) is -3.73. The van der Waals surface area contributed by atoms with Crippen molar-refractivity contribution in [2.24, 2.45) is 0 Å². The van der Waals surface area contributed by atoms with Gasteiger partial charge < -0.3 is 24.3 Å². The van der Waals surface area contributed by atoms with Gasteiger partial charge in [0.05, 0.1) is 26.2 Å². The molecule has 146 valence electrons. The van der Waals surface area contributed by atoms with E-state index in [1.54, 1.807) is 0 Å². The van der Waals surface area contributed by atoms with Crippen LogP contribution < -0.4 is 9.47 Å². The minimum absolute atomic E-state index is 0.106. The number of ether oxygens (including phenoxy) is 2. The van der Waals surface area contributed by atoms with E-state index >= 15 is 0 Å². The maximum Gasteiger partial charge on any atom is 0.245 e.